The molecule has 0 saturated carbocycles. The summed E-state index contributed by atoms with van der Waals surface area (Å²) >= 11 is 0. The molecule has 0 spiro atoms. The first-order valence-electron chi connectivity index (χ1n) is 14.2. The van der Waals surface area contributed by atoms with E-state index < -0.39 is 6.09 Å². The Morgan fingerprint density at radius 3 is 2.12 bits per heavy atom. The van der Waals surface area contributed by atoms with Gasteiger partial charge in [0, 0.05) is 25.2 Å². The van der Waals surface area contributed by atoms with E-state index >= 15 is 0 Å². The van der Waals surface area contributed by atoms with E-state index in [1.54, 1.807) is 9.58 Å². The minimum atomic E-state index is -0.992. The van der Waals surface area contributed by atoms with E-state index in [0.717, 1.165) is 16.7 Å². The molecule has 1 aromatic heterocycles. The Balaban J connectivity index is 1.38. The highest BCUT2D eigenvalue weighted by Crippen LogP contribution is 2.31. The van der Waals surface area contributed by atoms with Gasteiger partial charge in [-0.15, -0.1) is 5.10 Å². The van der Waals surface area contributed by atoms with Crippen molar-refractivity contribution in [2.24, 2.45) is 0 Å². The number of ether oxygens (including phenoxy) is 1. The van der Waals surface area contributed by atoms with Crippen molar-refractivity contribution in [2.45, 2.75) is 19.1 Å². The zero-order valence-electron chi connectivity index (χ0n) is 23.5. The van der Waals surface area contributed by atoms with Gasteiger partial charge in [-0.25, -0.2) is 9.48 Å². The molecular formula is C34H31N5O4. The van der Waals surface area contributed by atoms with Crippen LogP contribution in [0.3, 0.4) is 0 Å². The fraction of sp³-hybridized carbons (Fsp3) is 0.176. The Kier molecular flexibility index (Phi) is 8.13. The first-order chi connectivity index (χ1) is 21.1. The number of benzene rings is 4. The van der Waals surface area contributed by atoms with Crippen LogP contribution in [0.15, 0.2) is 115 Å². The summed E-state index contributed by atoms with van der Waals surface area (Å²) in [5.41, 5.74) is 4.22. The number of hydrogen-bond donors (Lipinski definition) is 1. The quantitative estimate of drug-likeness (QED) is 0.261. The topological polar surface area (TPSA) is 101 Å². The molecule has 5 aromatic rings. The second-order valence-electron chi connectivity index (χ2n) is 10.4. The van der Waals surface area contributed by atoms with Crippen LogP contribution in [0.1, 0.15) is 21.6 Å². The van der Waals surface area contributed by atoms with Crippen LogP contribution < -0.4 is 4.74 Å². The molecule has 1 aliphatic rings. The van der Waals surface area contributed by atoms with Crippen LogP contribution in [-0.4, -0.2) is 67.6 Å². The summed E-state index contributed by atoms with van der Waals surface area (Å²) in [7, 11) is 0. The molecule has 9 heteroatoms. The molecule has 6 rings (SSSR count). The molecule has 0 bridgehead atoms. The van der Waals surface area contributed by atoms with E-state index in [1.807, 2.05) is 115 Å². The van der Waals surface area contributed by atoms with Crippen molar-refractivity contribution in [3.63, 3.8) is 0 Å². The lowest BCUT2D eigenvalue weighted by Crippen LogP contribution is -2.57. The Morgan fingerprint density at radius 1 is 0.791 bits per heavy atom. The van der Waals surface area contributed by atoms with Crippen molar-refractivity contribution in [3.8, 4) is 22.7 Å². The monoisotopic (exact) mass is 573 g/mol. The third-order valence-electron chi connectivity index (χ3n) is 7.58. The minimum Gasteiger partial charge on any atom is -0.487 e. The fourth-order valence-electron chi connectivity index (χ4n) is 5.43. The lowest BCUT2D eigenvalue weighted by atomic mass is 10.0. The maximum absolute atomic E-state index is 14.3. The van der Waals surface area contributed by atoms with Crippen LogP contribution in [-0.2, 0) is 13.0 Å². The number of carbonyl (C=O) groups is 2. The van der Waals surface area contributed by atoms with E-state index in [1.165, 1.54) is 4.90 Å². The maximum atomic E-state index is 14.3. The van der Waals surface area contributed by atoms with Crippen LogP contribution in [0.5, 0.6) is 5.75 Å². The summed E-state index contributed by atoms with van der Waals surface area (Å²) in [6, 6.07) is 36.4. The Bertz CT molecular complexity index is 1690. The molecule has 1 fully saturated rings. The third-order valence-corrected chi connectivity index (χ3v) is 7.58. The largest absolute Gasteiger partial charge is 0.487 e. The summed E-state index contributed by atoms with van der Waals surface area (Å²) < 4.78 is 7.88. The van der Waals surface area contributed by atoms with Gasteiger partial charge in [0.25, 0.3) is 5.91 Å². The van der Waals surface area contributed by atoms with Gasteiger partial charge >= 0.3 is 6.09 Å². The minimum absolute atomic E-state index is 0.200. The van der Waals surface area contributed by atoms with E-state index in [0.29, 0.717) is 30.2 Å². The number of para-hydroxylation sites is 2. The van der Waals surface area contributed by atoms with Gasteiger partial charge in [-0.05, 0) is 29.7 Å². The van der Waals surface area contributed by atoms with Crippen molar-refractivity contribution in [3.05, 3.63) is 132 Å². The molecule has 0 radical (unpaired) electrons. The lowest BCUT2D eigenvalue weighted by Gasteiger charge is -2.40. The van der Waals surface area contributed by atoms with Gasteiger partial charge in [0.1, 0.15) is 23.7 Å². The lowest BCUT2D eigenvalue weighted by molar-refractivity contribution is 0.0446. The molecule has 43 heavy (non-hydrogen) atoms. The van der Waals surface area contributed by atoms with Crippen LogP contribution in [0.25, 0.3) is 16.9 Å². The van der Waals surface area contributed by atoms with E-state index in [9.17, 15) is 14.7 Å². The second-order valence-corrected chi connectivity index (χ2v) is 10.4. The van der Waals surface area contributed by atoms with Crippen LogP contribution in [0.2, 0.25) is 0 Å². The van der Waals surface area contributed by atoms with Crippen molar-refractivity contribution in [2.75, 3.05) is 19.6 Å². The van der Waals surface area contributed by atoms with Crippen LogP contribution in [0, 0.1) is 0 Å². The standard InChI is InChI=1S/C34H31N5O4/c40-33(38-21-20-37(34(41)42)23-28(38)22-25-12-4-1-5-13-25)31-32(27-16-8-3-9-17-27)39(36-35-31)29-18-10-11-19-30(29)43-24-26-14-6-2-7-15-26/h1-19,28H,20-24H2,(H,41,42). The molecule has 4 aromatic carbocycles. The van der Waals surface area contributed by atoms with E-state index in [-0.39, 0.29) is 37.3 Å². The molecule has 1 saturated heterocycles. The van der Waals surface area contributed by atoms with Gasteiger partial charge in [-0.3, -0.25) is 4.79 Å². The first kappa shape index (κ1) is 27.7. The van der Waals surface area contributed by atoms with Crippen LogP contribution >= 0.6 is 0 Å². The number of piperazine rings is 1. The zero-order valence-corrected chi connectivity index (χ0v) is 23.5. The smallest absolute Gasteiger partial charge is 0.407 e. The predicted molar refractivity (Wildman–Crippen MR) is 162 cm³/mol. The number of amides is 2. The van der Waals surface area contributed by atoms with Gasteiger partial charge < -0.3 is 19.6 Å². The molecule has 216 valence electrons. The van der Waals surface area contributed by atoms with Crippen molar-refractivity contribution >= 4 is 12.0 Å². The fourth-order valence-corrected chi connectivity index (χ4v) is 5.43. The third kappa shape index (κ3) is 6.11. The summed E-state index contributed by atoms with van der Waals surface area (Å²) in [5.74, 6) is 0.309. The normalized spacial score (nSPS) is 14.8. The SMILES string of the molecule is O=C(O)N1CCN(C(=O)c2nnn(-c3ccccc3OCc3ccccc3)c2-c2ccccc2)C(Cc2ccccc2)C1. The molecule has 2 amide bonds. The average Bonchev–Trinajstić information content (AvgIpc) is 3.50. The number of rotatable bonds is 8. The van der Waals surface area contributed by atoms with E-state index in [2.05, 4.69) is 10.3 Å². The summed E-state index contributed by atoms with van der Waals surface area (Å²) in [5, 5.41) is 18.6. The summed E-state index contributed by atoms with van der Waals surface area (Å²) in [4.78, 5) is 29.3. The molecule has 9 nitrogen and oxygen atoms in total. The Labute approximate surface area is 249 Å². The van der Waals surface area contributed by atoms with E-state index in [4.69, 9.17) is 4.74 Å². The number of nitrogens with zero attached hydrogens (tertiary/aromatic N) is 5. The average molecular weight is 574 g/mol. The molecule has 2 heterocycles. The molecule has 1 atom stereocenters. The first-order valence-corrected chi connectivity index (χ1v) is 14.2. The number of carboxylic acid groups (broad SMARTS) is 1. The summed E-state index contributed by atoms with van der Waals surface area (Å²) in [6.45, 7) is 1.05. The highest BCUT2D eigenvalue weighted by atomic mass is 16.5. The Hall–Kier alpha value is -5.44. The van der Waals surface area contributed by atoms with Gasteiger partial charge in [-0.2, -0.15) is 0 Å². The number of hydrogen-bond acceptors (Lipinski definition) is 5. The summed E-state index contributed by atoms with van der Waals surface area (Å²) in [6.07, 6.45) is -0.477. The van der Waals surface area contributed by atoms with Crippen molar-refractivity contribution < 1.29 is 19.4 Å². The highest BCUT2D eigenvalue weighted by Gasteiger charge is 2.36. The molecule has 1 unspecified atom stereocenters. The zero-order chi connectivity index (χ0) is 29.6. The molecule has 1 aliphatic heterocycles. The van der Waals surface area contributed by atoms with Crippen molar-refractivity contribution in [1.82, 2.24) is 24.8 Å². The van der Waals surface area contributed by atoms with Crippen LogP contribution in [0.4, 0.5) is 4.79 Å². The highest BCUT2D eigenvalue weighted by molar-refractivity contribution is 5.98. The molecule has 1 N–H and O–H groups in total. The van der Waals surface area contributed by atoms with Gasteiger partial charge in [-0.1, -0.05) is 108 Å². The molecule has 0 aliphatic carbocycles. The van der Waals surface area contributed by atoms with Gasteiger partial charge in [0.05, 0.1) is 6.04 Å². The van der Waals surface area contributed by atoms with Gasteiger partial charge in [0.15, 0.2) is 5.69 Å². The molecular weight excluding hydrogens is 542 g/mol. The Morgan fingerprint density at radius 2 is 1.42 bits per heavy atom. The second kappa shape index (κ2) is 12.6. The number of carbonyl (C=O) groups excluding carboxylic acids is 1. The number of aromatic nitrogens is 3. The maximum Gasteiger partial charge on any atom is 0.407 e. The predicted octanol–water partition coefficient (Wildman–Crippen LogP) is 5.56. The van der Waals surface area contributed by atoms with Gasteiger partial charge in [0.2, 0.25) is 0 Å². The van der Waals surface area contributed by atoms with Crippen molar-refractivity contribution in [1.29, 1.82) is 0 Å².